The lowest BCUT2D eigenvalue weighted by Gasteiger charge is -2.34. The van der Waals surface area contributed by atoms with Crippen LogP contribution < -0.4 is 20.3 Å². The van der Waals surface area contributed by atoms with Crippen LogP contribution in [0.1, 0.15) is 38.1 Å². The fourth-order valence-electron chi connectivity index (χ4n) is 5.28. The Morgan fingerprint density at radius 2 is 1.65 bits per heavy atom. The second-order valence-corrected chi connectivity index (χ2v) is 10.7. The van der Waals surface area contributed by atoms with Gasteiger partial charge in [0.2, 0.25) is 0 Å². The summed E-state index contributed by atoms with van der Waals surface area (Å²) in [5.41, 5.74) is 2.41. The van der Waals surface area contributed by atoms with E-state index in [4.69, 9.17) is 14.5 Å². The molecule has 9 nitrogen and oxygen atoms in total. The minimum Gasteiger partial charge on any atom is -0.492 e. The molecule has 43 heavy (non-hydrogen) atoms. The molecule has 3 aromatic carbocycles. The number of carbonyl (C=O) groups excluding carboxylic acids is 1. The predicted octanol–water partition coefficient (Wildman–Crippen LogP) is 4.40. The first-order valence-corrected chi connectivity index (χ1v) is 15.2. The highest BCUT2D eigenvalue weighted by Gasteiger charge is 2.24. The van der Waals surface area contributed by atoms with Crippen molar-refractivity contribution in [3.8, 4) is 17.2 Å². The Morgan fingerprint density at radius 1 is 0.907 bits per heavy atom. The summed E-state index contributed by atoms with van der Waals surface area (Å²) in [6.45, 7) is 9.41. The van der Waals surface area contributed by atoms with Gasteiger partial charge in [0, 0.05) is 32.7 Å². The summed E-state index contributed by atoms with van der Waals surface area (Å²) in [5.74, 6) is 1.94. The first-order valence-electron chi connectivity index (χ1n) is 15.2. The van der Waals surface area contributed by atoms with Gasteiger partial charge in [0.1, 0.15) is 17.3 Å². The molecule has 0 aliphatic carbocycles. The van der Waals surface area contributed by atoms with Crippen LogP contribution in [-0.4, -0.2) is 71.2 Å². The van der Waals surface area contributed by atoms with E-state index in [9.17, 15) is 9.59 Å². The topological polar surface area (TPSA) is 88.9 Å². The van der Waals surface area contributed by atoms with E-state index >= 15 is 0 Å². The third-order valence-electron chi connectivity index (χ3n) is 7.66. The van der Waals surface area contributed by atoms with Crippen molar-refractivity contribution in [3.05, 3.63) is 94.5 Å². The van der Waals surface area contributed by atoms with Gasteiger partial charge in [-0.1, -0.05) is 49.7 Å². The number of hydrogen-bond donors (Lipinski definition) is 1. The number of aromatic nitrogens is 2. The molecule has 1 fully saturated rings. The van der Waals surface area contributed by atoms with E-state index in [-0.39, 0.29) is 18.1 Å². The Kier molecular flexibility index (Phi) is 10.4. The molecule has 0 saturated carbocycles. The van der Waals surface area contributed by atoms with E-state index in [1.165, 1.54) is 18.4 Å². The normalized spacial score (nSPS) is 13.8. The van der Waals surface area contributed by atoms with Crippen LogP contribution in [-0.2, 0) is 17.9 Å². The number of carbonyl (C=O) groups is 1. The van der Waals surface area contributed by atoms with Gasteiger partial charge in [-0.05, 0) is 61.9 Å². The zero-order valence-electron chi connectivity index (χ0n) is 25.1. The van der Waals surface area contributed by atoms with Crippen molar-refractivity contribution in [2.45, 2.75) is 39.8 Å². The number of nitrogens with one attached hydrogen (secondary N) is 1. The van der Waals surface area contributed by atoms with E-state index in [1.807, 2.05) is 78.6 Å². The van der Waals surface area contributed by atoms with Gasteiger partial charge in [0.05, 0.1) is 29.7 Å². The Hall–Kier alpha value is -4.21. The standard InChI is InChI=1S/C34H41N5O4/c1-3-5-18-35-23-26-14-16-27(17-15-26)43-25-33(40)38-21-19-37(20-22-38)24-32-36-29-11-7-6-10-28(29)34(41)39(32)30-12-8-9-13-31(30)42-4-2/h6-17,35H,3-5,18-25H2,1-2H3. The van der Waals surface area contributed by atoms with Crippen molar-refractivity contribution in [3.63, 3.8) is 0 Å². The second kappa shape index (κ2) is 14.8. The van der Waals surface area contributed by atoms with Crippen molar-refractivity contribution in [2.75, 3.05) is 45.9 Å². The molecule has 1 N–H and O–H groups in total. The summed E-state index contributed by atoms with van der Waals surface area (Å²) in [7, 11) is 0. The van der Waals surface area contributed by atoms with E-state index in [0.717, 1.165) is 13.1 Å². The molecule has 1 saturated heterocycles. The Labute approximate surface area is 253 Å². The quantitative estimate of drug-likeness (QED) is 0.234. The molecule has 0 radical (unpaired) electrons. The molecular weight excluding hydrogens is 542 g/mol. The van der Waals surface area contributed by atoms with Crippen LogP contribution in [0.25, 0.3) is 16.6 Å². The van der Waals surface area contributed by atoms with Crippen molar-refractivity contribution < 1.29 is 14.3 Å². The van der Waals surface area contributed by atoms with Crippen LogP contribution in [0.5, 0.6) is 11.5 Å². The third kappa shape index (κ3) is 7.60. The number of benzene rings is 3. The highest BCUT2D eigenvalue weighted by Crippen LogP contribution is 2.24. The van der Waals surface area contributed by atoms with Crippen molar-refractivity contribution in [2.24, 2.45) is 0 Å². The molecule has 9 heteroatoms. The SMILES string of the molecule is CCCCNCc1ccc(OCC(=O)N2CCN(Cc3nc4ccccc4c(=O)n3-c3ccccc3OCC)CC2)cc1. The molecule has 1 aromatic heterocycles. The zero-order valence-corrected chi connectivity index (χ0v) is 25.1. The average Bonchev–Trinajstić information content (AvgIpc) is 3.04. The molecule has 5 rings (SSSR count). The Bertz CT molecular complexity index is 1560. The minimum atomic E-state index is -0.125. The number of amides is 1. The number of piperazine rings is 1. The summed E-state index contributed by atoms with van der Waals surface area (Å²) < 4.78 is 13.3. The average molecular weight is 584 g/mol. The van der Waals surface area contributed by atoms with Gasteiger partial charge in [0.25, 0.3) is 11.5 Å². The molecule has 1 aliphatic heterocycles. The summed E-state index contributed by atoms with van der Waals surface area (Å²) in [4.78, 5) is 35.7. The first-order chi connectivity index (χ1) is 21.1. The molecule has 0 atom stereocenters. The van der Waals surface area contributed by atoms with Gasteiger partial charge in [0.15, 0.2) is 6.61 Å². The molecule has 1 amide bonds. The van der Waals surface area contributed by atoms with E-state index < -0.39 is 0 Å². The first kappa shape index (κ1) is 30.3. The predicted molar refractivity (Wildman–Crippen MR) is 169 cm³/mol. The largest absolute Gasteiger partial charge is 0.492 e. The van der Waals surface area contributed by atoms with Crippen molar-refractivity contribution >= 4 is 16.8 Å². The maximum absolute atomic E-state index is 13.7. The van der Waals surface area contributed by atoms with E-state index in [0.29, 0.717) is 73.2 Å². The minimum absolute atomic E-state index is 0.00802. The molecule has 0 spiro atoms. The maximum Gasteiger partial charge on any atom is 0.266 e. The fourth-order valence-corrected chi connectivity index (χ4v) is 5.28. The van der Waals surface area contributed by atoms with Gasteiger partial charge in [-0.25, -0.2) is 4.98 Å². The Morgan fingerprint density at radius 3 is 2.42 bits per heavy atom. The van der Waals surface area contributed by atoms with Gasteiger partial charge in [-0.3, -0.25) is 19.1 Å². The summed E-state index contributed by atoms with van der Waals surface area (Å²) >= 11 is 0. The summed E-state index contributed by atoms with van der Waals surface area (Å²) in [6.07, 6.45) is 2.35. The summed E-state index contributed by atoms with van der Waals surface area (Å²) in [6, 6.07) is 22.9. The molecule has 226 valence electrons. The van der Waals surface area contributed by atoms with Gasteiger partial charge in [-0.2, -0.15) is 0 Å². The van der Waals surface area contributed by atoms with Crippen LogP contribution in [0.3, 0.4) is 0 Å². The number of nitrogens with zero attached hydrogens (tertiary/aromatic N) is 4. The van der Waals surface area contributed by atoms with Gasteiger partial charge < -0.3 is 19.7 Å². The highest BCUT2D eigenvalue weighted by molar-refractivity contribution is 5.78. The molecule has 4 aromatic rings. The molecule has 1 aliphatic rings. The molecule has 0 bridgehead atoms. The van der Waals surface area contributed by atoms with Gasteiger partial charge >= 0.3 is 0 Å². The van der Waals surface area contributed by atoms with Crippen LogP contribution in [0, 0.1) is 0 Å². The van der Waals surface area contributed by atoms with Crippen LogP contribution in [0.15, 0.2) is 77.6 Å². The number of rotatable bonds is 13. The Balaban J connectivity index is 1.21. The number of ether oxygens (including phenoxy) is 2. The van der Waals surface area contributed by atoms with Crippen molar-refractivity contribution in [1.82, 2.24) is 24.7 Å². The third-order valence-corrected chi connectivity index (χ3v) is 7.66. The smallest absolute Gasteiger partial charge is 0.266 e. The number of fused-ring (bicyclic) bond motifs is 1. The number of para-hydroxylation sites is 3. The van der Waals surface area contributed by atoms with Gasteiger partial charge in [-0.15, -0.1) is 0 Å². The van der Waals surface area contributed by atoms with E-state index in [1.54, 1.807) is 10.6 Å². The lowest BCUT2D eigenvalue weighted by molar-refractivity contribution is -0.135. The second-order valence-electron chi connectivity index (χ2n) is 10.7. The zero-order chi connectivity index (χ0) is 30.0. The van der Waals surface area contributed by atoms with Crippen LogP contribution in [0.2, 0.25) is 0 Å². The molecule has 0 unspecified atom stereocenters. The monoisotopic (exact) mass is 583 g/mol. The fraction of sp³-hybridized carbons (Fsp3) is 0.382. The van der Waals surface area contributed by atoms with E-state index in [2.05, 4.69) is 17.1 Å². The highest BCUT2D eigenvalue weighted by atomic mass is 16.5. The lowest BCUT2D eigenvalue weighted by Crippen LogP contribution is -2.50. The maximum atomic E-state index is 13.7. The van der Waals surface area contributed by atoms with Crippen molar-refractivity contribution in [1.29, 1.82) is 0 Å². The number of hydrogen-bond acceptors (Lipinski definition) is 7. The lowest BCUT2D eigenvalue weighted by atomic mass is 10.2. The van der Waals surface area contributed by atoms with Crippen LogP contribution in [0.4, 0.5) is 0 Å². The molecule has 2 heterocycles. The molecular formula is C34H41N5O4. The summed E-state index contributed by atoms with van der Waals surface area (Å²) in [5, 5.41) is 3.99. The van der Waals surface area contributed by atoms with Crippen LogP contribution >= 0.6 is 0 Å². The number of unbranched alkanes of at least 4 members (excludes halogenated alkanes) is 1.